The van der Waals surface area contributed by atoms with Gasteiger partial charge in [-0.25, -0.2) is 4.98 Å². The molecule has 20 heavy (non-hydrogen) atoms. The first-order valence-electron chi connectivity index (χ1n) is 7.07. The Bertz CT molecular complexity index is 570. The molecular weight excluding hydrogens is 254 g/mol. The summed E-state index contributed by atoms with van der Waals surface area (Å²) in [7, 11) is 0. The smallest absolute Gasteiger partial charge is 0.318 e. The highest BCUT2D eigenvalue weighted by Crippen LogP contribution is 2.16. The third kappa shape index (κ3) is 2.89. The minimum Gasteiger partial charge on any atom is -0.444 e. The molecule has 1 aliphatic heterocycles. The topological polar surface area (TPSA) is 47.5 Å². The first-order chi connectivity index (χ1) is 9.86. The van der Waals surface area contributed by atoms with Gasteiger partial charge in [-0.15, -0.1) is 0 Å². The lowest BCUT2D eigenvalue weighted by Gasteiger charge is -2.33. The van der Waals surface area contributed by atoms with Crippen molar-refractivity contribution in [3.8, 4) is 6.01 Å². The van der Waals surface area contributed by atoms with E-state index in [0.717, 1.165) is 43.6 Å². The van der Waals surface area contributed by atoms with Crippen molar-refractivity contribution in [2.75, 3.05) is 26.3 Å². The van der Waals surface area contributed by atoms with E-state index in [1.165, 1.54) is 0 Å². The Hall–Kier alpha value is -1.72. The molecule has 1 unspecified atom stereocenters. The summed E-state index contributed by atoms with van der Waals surface area (Å²) in [6.45, 7) is 5.43. The molecule has 1 aliphatic rings. The van der Waals surface area contributed by atoms with Crippen molar-refractivity contribution < 1.29 is 9.47 Å². The van der Waals surface area contributed by atoms with Gasteiger partial charge in [-0.05, 0) is 12.5 Å². The Balaban J connectivity index is 1.76. The van der Waals surface area contributed by atoms with Gasteiger partial charge in [0.25, 0.3) is 0 Å². The van der Waals surface area contributed by atoms with Crippen LogP contribution < -0.4 is 4.74 Å². The van der Waals surface area contributed by atoms with Crippen molar-refractivity contribution in [1.82, 2.24) is 14.9 Å². The Morgan fingerprint density at radius 2 is 2.10 bits per heavy atom. The summed E-state index contributed by atoms with van der Waals surface area (Å²) >= 11 is 0. The normalized spacial score (nSPS) is 18.1. The summed E-state index contributed by atoms with van der Waals surface area (Å²) in [6.07, 6.45) is 2.72. The quantitative estimate of drug-likeness (QED) is 0.853. The van der Waals surface area contributed by atoms with Crippen molar-refractivity contribution in [3.63, 3.8) is 0 Å². The van der Waals surface area contributed by atoms with Gasteiger partial charge in [-0.2, -0.15) is 4.98 Å². The SMILES string of the molecule is CCC(Oc1ncc2ccccc2n1)N1CCOCC1. The van der Waals surface area contributed by atoms with Gasteiger partial charge >= 0.3 is 6.01 Å². The maximum absolute atomic E-state index is 5.96. The van der Waals surface area contributed by atoms with Crippen LogP contribution in [0.15, 0.2) is 30.5 Å². The molecule has 1 fully saturated rings. The fourth-order valence-electron chi connectivity index (χ4n) is 2.42. The molecule has 1 atom stereocenters. The van der Waals surface area contributed by atoms with E-state index in [4.69, 9.17) is 9.47 Å². The first kappa shape index (κ1) is 13.3. The number of ether oxygens (including phenoxy) is 2. The Morgan fingerprint density at radius 1 is 1.30 bits per heavy atom. The second kappa shape index (κ2) is 6.15. The van der Waals surface area contributed by atoms with Crippen molar-refractivity contribution in [3.05, 3.63) is 30.5 Å². The second-order valence-corrected chi connectivity index (χ2v) is 4.84. The molecule has 2 heterocycles. The minimum atomic E-state index is 0.0139. The number of hydrogen-bond donors (Lipinski definition) is 0. The Kier molecular flexibility index (Phi) is 4.08. The van der Waals surface area contributed by atoms with Gasteiger partial charge in [0.1, 0.15) is 0 Å². The van der Waals surface area contributed by atoms with Crippen LogP contribution in [0.1, 0.15) is 13.3 Å². The van der Waals surface area contributed by atoms with Gasteiger partial charge in [0.15, 0.2) is 6.23 Å². The largest absolute Gasteiger partial charge is 0.444 e. The highest BCUT2D eigenvalue weighted by Gasteiger charge is 2.21. The molecule has 0 bridgehead atoms. The average Bonchev–Trinajstić information content (AvgIpc) is 2.53. The van der Waals surface area contributed by atoms with Crippen LogP contribution in [0.3, 0.4) is 0 Å². The number of benzene rings is 1. The standard InChI is InChI=1S/C15H19N3O2/c1-2-14(18-7-9-19-10-8-18)20-15-16-11-12-5-3-4-6-13(12)17-15/h3-6,11,14H,2,7-10H2,1H3. The van der Waals surface area contributed by atoms with Crippen LogP contribution >= 0.6 is 0 Å². The van der Waals surface area contributed by atoms with E-state index in [2.05, 4.69) is 21.8 Å². The van der Waals surface area contributed by atoms with Gasteiger partial charge in [0.2, 0.25) is 0 Å². The van der Waals surface area contributed by atoms with Crippen molar-refractivity contribution in [2.24, 2.45) is 0 Å². The highest BCUT2D eigenvalue weighted by atomic mass is 16.5. The number of hydrogen-bond acceptors (Lipinski definition) is 5. The van der Waals surface area contributed by atoms with Crippen molar-refractivity contribution >= 4 is 10.9 Å². The third-order valence-electron chi connectivity index (χ3n) is 3.51. The fraction of sp³-hybridized carbons (Fsp3) is 0.467. The van der Waals surface area contributed by atoms with Gasteiger partial charge in [-0.3, -0.25) is 4.90 Å². The zero-order valence-corrected chi connectivity index (χ0v) is 11.7. The Labute approximate surface area is 118 Å². The van der Waals surface area contributed by atoms with Crippen LogP contribution in [0.25, 0.3) is 10.9 Å². The summed E-state index contributed by atoms with van der Waals surface area (Å²) in [4.78, 5) is 11.0. The lowest BCUT2D eigenvalue weighted by Crippen LogP contribution is -2.46. The molecule has 1 aromatic heterocycles. The van der Waals surface area contributed by atoms with Gasteiger partial charge < -0.3 is 9.47 Å². The van der Waals surface area contributed by atoms with Crippen LogP contribution in [0, 0.1) is 0 Å². The van der Waals surface area contributed by atoms with Crippen LogP contribution in [-0.4, -0.2) is 47.4 Å². The number of aromatic nitrogens is 2. The Morgan fingerprint density at radius 3 is 2.90 bits per heavy atom. The predicted molar refractivity (Wildman–Crippen MR) is 76.6 cm³/mol. The summed E-state index contributed by atoms with van der Waals surface area (Å²) in [6, 6.07) is 8.37. The molecular formula is C15H19N3O2. The molecule has 5 nitrogen and oxygen atoms in total. The molecule has 0 saturated carbocycles. The highest BCUT2D eigenvalue weighted by molar-refractivity contribution is 5.77. The lowest BCUT2D eigenvalue weighted by atomic mass is 10.2. The number of fused-ring (bicyclic) bond motifs is 1. The molecule has 0 radical (unpaired) electrons. The third-order valence-corrected chi connectivity index (χ3v) is 3.51. The average molecular weight is 273 g/mol. The van der Waals surface area contributed by atoms with Crippen LogP contribution in [0.5, 0.6) is 6.01 Å². The fourth-order valence-corrected chi connectivity index (χ4v) is 2.42. The summed E-state index contributed by atoms with van der Waals surface area (Å²) in [5.74, 6) is 0. The van der Waals surface area contributed by atoms with E-state index >= 15 is 0 Å². The number of morpholine rings is 1. The van der Waals surface area contributed by atoms with E-state index in [9.17, 15) is 0 Å². The zero-order chi connectivity index (χ0) is 13.8. The molecule has 0 aliphatic carbocycles. The summed E-state index contributed by atoms with van der Waals surface area (Å²) in [5, 5.41) is 1.03. The molecule has 0 amide bonds. The maximum atomic E-state index is 5.96. The minimum absolute atomic E-state index is 0.0139. The van der Waals surface area contributed by atoms with Crippen molar-refractivity contribution in [2.45, 2.75) is 19.6 Å². The van der Waals surface area contributed by atoms with E-state index in [-0.39, 0.29) is 6.23 Å². The number of nitrogens with zero attached hydrogens (tertiary/aromatic N) is 3. The molecule has 5 heteroatoms. The van der Waals surface area contributed by atoms with E-state index < -0.39 is 0 Å². The molecule has 2 aromatic rings. The van der Waals surface area contributed by atoms with Crippen LogP contribution in [0.2, 0.25) is 0 Å². The van der Waals surface area contributed by atoms with Gasteiger partial charge in [-0.1, -0.05) is 25.1 Å². The summed E-state index contributed by atoms with van der Waals surface area (Å²) < 4.78 is 11.3. The predicted octanol–water partition coefficient (Wildman–Crippen LogP) is 2.08. The molecule has 1 aromatic carbocycles. The van der Waals surface area contributed by atoms with Crippen molar-refractivity contribution in [1.29, 1.82) is 0 Å². The molecule has 0 spiro atoms. The lowest BCUT2D eigenvalue weighted by molar-refractivity contribution is -0.0500. The number of rotatable bonds is 4. The van der Waals surface area contributed by atoms with E-state index in [1.807, 2.05) is 30.5 Å². The maximum Gasteiger partial charge on any atom is 0.318 e. The van der Waals surface area contributed by atoms with E-state index in [1.54, 1.807) is 0 Å². The molecule has 106 valence electrons. The molecule has 3 rings (SSSR count). The summed E-state index contributed by atoms with van der Waals surface area (Å²) in [5.41, 5.74) is 0.911. The number of para-hydroxylation sites is 1. The molecule has 1 saturated heterocycles. The second-order valence-electron chi connectivity index (χ2n) is 4.84. The molecule has 0 N–H and O–H groups in total. The first-order valence-corrected chi connectivity index (χ1v) is 7.07. The zero-order valence-electron chi connectivity index (χ0n) is 11.7. The van der Waals surface area contributed by atoms with Crippen LogP contribution in [0.4, 0.5) is 0 Å². The monoisotopic (exact) mass is 273 g/mol. The van der Waals surface area contributed by atoms with Gasteiger partial charge in [0.05, 0.1) is 18.7 Å². The van der Waals surface area contributed by atoms with Gasteiger partial charge in [0, 0.05) is 24.7 Å². The van der Waals surface area contributed by atoms with E-state index in [0.29, 0.717) is 6.01 Å². The van der Waals surface area contributed by atoms with Crippen LogP contribution in [-0.2, 0) is 4.74 Å².